The van der Waals surface area contributed by atoms with Crippen molar-refractivity contribution in [2.24, 2.45) is 0 Å². The zero-order valence-corrected chi connectivity index (χ0v) is 22.8. The smallest absolute Gasteiger partial charge is 0.263 e. The van der Waals surface area contributed by atoms with Crippen molar-refractivity contribution in [3.8, 4) is 34.8 Å². The van der Waals surface area contributed by atoms with Gasteiger partial charge < -0.3 is 18.9 Å². The average molecular weight is 552 g/mol. The third kappa shape index (κ3) is 7.39. The molecule has 4 rings (SSSR count). The largest absolute Gasteiger partial charge is 0.493 e. The lowest BCUT2D eigenvalue weighted by atomic mass is 10.2. The second kappa shape index (κ2) is 12.0. The zero-order chi connectivity index (χ0) is 27.9. The molecule has 2 aromatic carbocycles. The van der Waals surface area contributed by atoms with E-state index in [1.165, 1.54) is 31.6 Å². The number of rotatable bonds is 11. The summed E-state index contributed by atoms with van der Waals surface area (Å²) in [6.07, 6.45) is 3.05. The van der Waals surface area contributed by atoms with Gasteiger partial charge in [0.1, 0.15) is 6.61 Å². The molecule has 0 atom stereocenters. The summed E-state index contributed by atoms with van der Waals surface area (Å²) >= 11 is 0. The molecule has 11 nitrogen and oxygen atoms in total. The Morgan fingerprint density at radius 1 is 0.821 bits per heavy atom. The van der Waals surface area contributed by atoms with Crippen LogP contribution in [0.5, 0.6) is 23.1 Å². The van der Waals surface area contributed by atoms with Gasteiger partial charge in [-0.2, -0.15) is 4.98 Å². The molecule has 0 bridgehead atoms. The molecule has 4 aromatic rings. The van der Waals surface area contributed by atoms with Crippen LogP contribution in [-0.4, -0.2) is 54.3 Å². The van der Waals surface area contributed by atoms with E-state index in [2.05, 4.69) is 24.7 Å². The number of sulfonamides is 1. The maximum Gasteiger partial charge on any atom is 0.263 e. The lowest BCUT2D eigenvalue weighted by Gasteiger charge is -2.20. The molecular formula is C27H29N5O6S. The van der Waals surface area contributed by atoms with Gasteiger partial charge in [-0.25, -0.2) is 23.4 Å². The number of methoxy groups -OCH3 is 1. The fraction of sp³-hybridized carbons (Fsp3) is 0.259. The summed E-state index contributed by atoms with van der Waals surface area (Å²) in [6, 6.07) is 16.4. The third-order valence-corrected chi connectivity index (χ3v) is 6.38. The van der Waals surface area contributed by atoms with Gasteiger partial charge in [0, 0.05) is 12.4 Å². The Kier molecular flexibility index (Phi) is 8.57. The Balaban J connectivity index is 1.83. The van der Waals surface area contributed by atoms with Crippen molar-refractivity contribution in [2.45, 2.75) is 31.3 Å². The van der Waals surface area contributed by atoms with Crippen LogP contribution in [0.1, 0.15) is 20.8 Å². The summed E-state index contributed by atoms with van der Waals surface area (Å²) in [5.41, 5.74) is -0.384. The van der Waals surface area contributed by atoms with Crippen molar-refractivity contribution in [3.05, 3.63) is 73.1 Å². The monoisotopic (exact) mass is 551 g/mol. The number of aromatic nitrogens is 4. The molecule has 2 aromatic heterocycles. The first kappa shape index (κ1) is 27.7. The summed E-state index contributed by atoms with van der Waals surface area (Å²) in [6.45, 7) is 6.11. The molecule has 0 saturated heterocycles. The lowest BCUT2D eigenvalue weighted by molar-refractivity contribution is -0.0170. The molecule has 12 heteroatoms. The first-order valence-electron chi connectivity index (χ1n) is 12.0. The summed E-state index contributed by atoms with van der Waals surface area (Å²) in [4.78, 5) is 17.3. The first-order valence-corrected chi connectivity index (χ1v) is 13.5. The minimum absolute atomic E-state index is 0.0282. The normalized spacial score (nSPS) is 11.6. The second-order valence-corrected chi connectivity index (χ2v) is 10.8. The molecule has 0 amide bonds. The highest BCUT2D eigenvalue weighted by molar-refractivity contribution is 7.92. The van der Waals surface area contributed by atoms with Crippen molar-refractivity contribution in [1.82, 2.24) is 19.9 Å². The van der Waals surface area contributed by atoms with Crippen LogP contribution < -0.4 is 18.9 Å². The third-order valence-electron chi connectivity index (χ3n) is 5.02. The van der Waals surface area contributed by atoms with Gasteiger partial charge in [0.05, 0.1) is 24.2 Å². The van der Waals surface area contributed by atoms with Gasteiger partial charge in [0.2, 0.25) is 11.6 Å². The molecule has 0 radical (unpaired) electrons. The summed E-state index contributed by atoms with van der Waals surface area (Å²) in [5, 5.41) is 0. The molecule has 0 spiro atoms. The lowest BCUT2D eigenvalue weighted by Crippen LogP contribution is -2.23. The van der Waals surface area contributed by atoms with E-state index in [0.717, 1.165) is 0 Å². The van der Waals surface area contributed by atoms with E-state index in [0.29, 0.717) is 11.5 Å². The Hall–Kier alpha value is -4.29. The van der Waals surface area contributed by atoms with Crippen LogP contribution in [0.3, 0.4) is 0 Å². The van der Waals surface area contributed by atoms with Gasteiger partial charge in [0.25, 0.3) is 15.9 Å². The predicted molar refractivity (Wildman–Crippen MR) is 145 cm³/mol. The van der Waals surface area contributed by atoms with Gasteiger partial charge in [-0.1, -0.05) is 30.3 Å². The van der Waals surface area contributed by atoms with Crippen LogP contribution in [0.25, 0.3) is 11.6 Å². The quantitative estimate of drug-likeness (QED) is 0.261. The van der Waals surface area contributed by atoms with Crippen LogP contribution in [0.15, 0.2) is 78.0 Å². The number of hydrogen-bond acceptors (Lipinski definition) is 10. The Morgan fingerprint density at radius 3 is 2.15 bits per heavy atom. The van der Waals surface area contributed by atoms with Crippen LogP contribution >= 0.6 is 0 Å². The fourth-order valence-corrected chi connectivity index (χ4v) is 4.31. The van der Waals surface area contributed by atoms with Crippen LogP contribution in [-0.2, 0) is 14.8 Å². The van der Waals surface area contributed by atoms with E-state index in [4.69, 9.17) is 18.9 Å². The van der Waals surface area contributed by atoms with Gasteiger partial charge in [-0.15, -0.1) is 0 Å². The minimum atomic E-state index is -4.08. The van der Waals surface area contributed by atoms with Crippen LogP contribution in [0, 0.1) is 0 Å². The molecule has 0 fully saturated rings. The highest BCUT2D eigenvalue weighted by Gasteiger charge is 2.26. The number of nitrogens with one attached hydrogen (secondary N) is 1. The topological polar surface area (TPSA) is 135 Å². The standard InChI is InChI=1S/C27H29N5O6S/c1-27(2,3)37-18-17-36-26-22(38-21-14-9-8-13-20(21)35-4)23(30-25(31-26)24-28-15-10-16-29-24)32-39(33,34)19-11-6-5-7-12-19/h5-16H,17-18H2,1-4H3,(H,30,31,32). The Labute approximate surface area is 227 Å². The van der Waals surface area contributed by atoms with Crippen molar-refractivity contribution in [3.63, 3.8) is 0 Å². The first-order chi connectivity index (χ1) is 18.7. The van der Waals surface area contributed by atoms with Crippen molar-refractivity contribution < 1.29 is 27.4 Å². The molecule has 1 N–H and O–H groups in total. The highest BCUT2D eigenvalue weighted by atomic mass is 32.2. The van der Waals surface area contributed by atoms with Gasteiger partial charge in [-0.05, 0) is 51.1 Å². The summed E-state index contributed by atoms with van der Waals surface area (Å²) < 4.78 is 52.4. The number of hydrogen-bond donors (Lipinski definition) is 1. The number of anilines is 1. The Morgan fingerprint density at radius 2 is 1.49 bits per heavy atom. The van der Waals surface area contributed by atoms with E-state index >= 15 is 0 Å². The average Bonchev–Trinajstić information content (AvgIpc) is 2.93. The van der Waals surface area contributed by atoms with E-state index in [-0.39, 0.29) is 52.8 Å². The summed E-state index contributed by atoms with van der Waals surface area (Å²) in [7, 11) is -2.58. The number of benzene rings is 2. The molecular weight excluding hydrogens is 522 g/mol. The van der Waals surface area contributed by atoms with Crippen LogP contribution in [0.4, 0.5) is 5.82 Å². The molecule has 0 aliphatic rings. The molecule has 0 unspecified atom stereocenters. The van der Waals surface area contributed by atoms with Crippen LogP contribution in [0.2, 0.25) is 0 Å². The molecule has 0 saturated carbocycles. The van der Waals surface area contributed by atoms with E-state index in [1.807, 2.05) is 20.8 Å². The molecule has 0 aliphatic carbocycles. The fourth-order valence-electron chi connectivity index (χ4n) is 3.29. The van der Waals surface area contributed by atoms with Gasteiger partial charge >= 0.3 is 0 Å². The minimum Gasteiger partial charge on any atom is -0.493 e. The SMILES string of the molecule is COc1ccccc1Oc1c(NS(=O)(=O)c2ccccc2)nc(-c2ncccn2)nc1OCCOC(C)(C)C. The van der Waals surface area contributed by atoms with E-state index in [9.17, 15) is 8.42 Å². The predicted octanol–water partition coefficient (Wildman–Crippen LogP) is 4.73. The van der Waals surface area contributed by atoms with Crippen molar-refractivity contribution in [2.75, 3.05) is 25.0 Å². The Bertz CT molecular complexity index is 1500. The molecule has 39 heavy (non-hydrogen) atoms. The number of para-hydroxylation sites is 2. The van der Waals surface area contributed by atoms with Gasteiger partial charge in [0.15, 0.2) is 23.1 Å². The molecule has 2 heterocycles. The molecule has 204 valence electrons. The second-order valence-electron chi connectivity index (χ2n) is 9.08. The molecule has 0 aliphatic heterocycles. The number of nitrogens with zero attached hydrogens (tertiary/aromatic N) is 4. The van der Waals surface area contributed by atoms with Crippen molar-refractivity contribution >= 4 is 15.8 Å². The highest BCUT2D eigenvalue weighted by Crippen LogP contribution is 2.41. The maximum absolute atomic E-state index is 13.3. The van der Waals surface area contributed by atoms with E-state index < -0.39 is 10.0 Å². The van der Waals surface area contributed by atoms with Crippen molar-refractivity contribution in [1.29, 1.82) is 0 Å². The summed E-state index contributed by atoms with van der Waals surface area (Å²) in [5.74, 6) is 0.609. The maximum atomic E-state index is 13.3. The van der Waals surface area contributed by atoms with E-state index in [1.54, 1.807) is 48.5 Å². The zero-order valence-electron chi connectivity index (χ0n) is 22.0. The number of ether oxygens (including phenoxy) is 4. The van der Waals surface area contributed by atoms with Gasteiger partial charge in [-0.3, -0.25) is 4.72 Å².